The molecule has 0 aromatic heterocycles. The molecule has 4 heteroatoms. The van der Waals surface area contributed by atoms with Gasteiger partial charge in [0.05, 0.1) is 0 Å². The van der Waals surface area contributed by atoms with Crippen molar-refractivity contribution in [2.45, 2.75) is 11.8 Å². The molecule has 3 nitrogen and oxygen atoms in total. The average Bonchev–Trinajstić information content (AvgIpc) is 2.81. The first-order valence-corrected chi connectivity index (χ1v) is 10.6. The predicted molar refractivity (Wildman–Crippen MR) is 122 cm³/mol. The number of hydrogen-bond acceptors (Lipinski definition) is 3. The van der Waals surface area contributed by atoms with E-state index >= 15 is 0 Å². The van der Waals surface area contributed by atoms with Crippen LogP contribution >= 0.6 is 15.9 Å². The number of rotatable bonds is 3. The van der Waals surface area contributed by atoms with Crippen molar-refractivity contribution in [3.05, 3.63) is 130 Å². The maximum atomic E-state index is 10.6. The van der Waals surface area contributed by atoms with Crippen molar-refractivity contribution in [1.29, 1.82) is 0 Å². The fourth-order valence-corrected chi connectivity index (χ4v) is 4.54. The third kappa shape index (κ3) is 3.09. The lowest BCUT2D eigenvalue weighted by molar-refractivity contribution is -0.0440. The van der Waals surface area contributed by atoms with E-state index in [1.807, 2.05) is 60.7 Å². The van der Waals surface area contributed by atoms with E-state index < -0.39 is 11.8 Å². The molecule has 0 radical (unpaired) electrons. The summed E-state index contributed by atoms with van der Waals surface area (Å²) < 4.78 is 7.78. The van der Waals surface area contributed by atoms with Crippen molar-refractivity contribution in [1.82, 2.24) is 0 Å². The molecule has 0 bridgehead atoms. The Morgan fingerprint density at radius 3 is 2.03 bits per heavy atom. The molecule has 1 unspecified atom stereocenters. The van der Waals surface area contributed by atoms with Gasteiger partial charge in [-0.25, -0.2) is 0 Å². The molecule has 0 saturated carbocycles. The Morgan fingerprint density at radius 2 is 1.37 bits per heavy atom. The van der Waals surface area contributed by atoms with Crippen LogP contribution in [0.4, 0.5) is 5.69 Å². The van der Waals surface area contributed by atoms with Gasteiger partial charge in [0.25, 0.3) is 0 Å². The molecule has 1 atom stereocenters. The molecular formula is C26H20BrNO2. The van der Waals surface area contributed by atoms with Crippen molar-refractivity contribution >= 4 is 21.6 Å². The van der Waals surface area contributed by atoms with E-state index in [0.717, 1.165) is 26.9 Å². The highest BCUT2D eigenvalue weighted by molar-refractivity contribution is 9.10. The van der Waals surface area contributed by atoms with Crippen molar-refractivity contribution < 1.29 is 9.84 Å². The summed E-state index contributed by atoms with van der Waals surface area (Å²) in [5.74, 6) is 0.185. The van der Waals surface area contributed by atoms with E-state index in [4.69, 9.17) is 4.74 Å². The maximum absolute atomic E-state index is 10.6. The standard InChI is InChI=1S/C26H20BrNO2/c27-20-15-16-24(29)21(17-20)25-28-23-14-8-7-13-22(23)26(30-25,18-9-3-1-4-10-18)19-11-5-2-6-12-19/h1-17,25,28-29H. The topological polar surface area (TPSA) is 41.5 Å². The highest BCUT2D eigenvalue weighted by atomic mass is 79.9. The summed E-state index contributed by atoms with van der Waals surface area (Å²) in [4.78, 5) is 0. The second-order valence-corrected chi connectivity index (χ2v) is 8.22. The molecule has 1 heterocycles. The molecule has 0 aliphatic carbocycles. The Bertz CT molecular complexity index is 1140. The van der Waals surface area contributed by atoms with E-state index in [9.17, 15) is 5.11 Å². The lowest BCUT2D eigenvalue weighted by Crippen LogP contribution is -2.40. The first-order valence-electron chi connectivity index (χ1n) is 9.82. The molecule has 1 aliphatic heterocycles. The monoisotopic (exact) mass is 457 g/mol. The quantitative estimate of drug-likeness (QED) is 0.364. The summed E-state index contributed by atoms with van der Waals surface area (Å²) in [5, 5.41) is 14.1. The van der Waals surface area contributed by atoms with Gasteiger partial charge >= 0.3 is 0 Å². The van der Waals surface area contributed by atoms with Gasteiger partial charge < -0.3 is 15.2 Å². The molecule has 4 aromatic rings. The van der Waals surface area contributed by atoms with Crippen molar-refractivity contribution in [2.75, 3.05) is 5.32 Å². The highest BCUT2D eigenvalue weighted by Crippen LogP contribution is 2.50. The number of fused-ring (bicyclic) bond motifs is 1. The molecule has 1 aliphatic rings. The zero-order valence-corrected chi connectivity index (χ0v) is 17.7. The molecule has 5 rings (SSSR count). The van der Waals surface area contributed by atoms with E-state index in [0.29, 0.717) is 5.56 Å². The maximum Gasteiger partial charge on any atom is 0.159 e. The van der Waals surface area contributed by atoms with Crippen LogP contribution in [0.5, 0.6) is 5.75 Å². The molecule has 2 N–H and O–H groups in total. The number of halogens is 1. The predicted octanol–water partition coefficient (Wildman–Crippen LogP) is 6.59. The van der Waals surface area contributed by atoms with Crippen LogP contribution in [0.25, 0.3) is 0 Å². The minimum Gasteiger partial charge on any atom is -0.507 e. The minimum atomic E-state index is -0.830. The largest absolute Gasteiger partial charge is 0.507 e. The SMILES string of the molecule is Oc1ccc(Br)cc1C1Nc2ccccc2C(c2ccccc2)(c2ccccc2)O1. The van der Waals surface area contributed by atoms with E-state index in [2.05, 4.69) is 57.6 Å². The van der Waals surface area contributed by atoms with Crippen LogP contribution in [0.2, 0.25) is 0 Å². The number of aromatic hydroxyl groups is 1. The van der Waals surface area contributed by atoms with E-state index in [-0.39, 0.29) is 5.75 Å². The first-order chi connectivity index (χ1) is 14.7. The second kappa shape index (κ2) is 7.63. The number of nitrogens with one attached hydrogen (secondary N) is 1. The number of para-hydroxylation sites is 1. The number of phenols is 1. The summed E-state index contributed by atoms with van der Waals surface area (Å²) in [7, 11) is 0. The molecule has 30 heavy (non-hydrogen) atoms. The Labute approximate surface area is 184 Å². The zero-order valence-electron chi connectivity index (χ0n) is 16.1. The number of anilines is 1. The van der Waals surface area contributed by atoms with Crippen molar-refractivity contribution in [3.8, 4) is 5.75 Å². The van der Waals surface area contributed by atoms with Gasteiger partial charge in [-0.3, -0.25) is 0 Å². The normalized spacial score (nSPS) is 17.0. The lowest BCUT2D eigenvalue weighted by atomic mass is 9.78. The van der Waals surface area contributed by atoms with Crippen LogP contribution < -0.4 is 5.32 Å². The zero-order chi connectivity index (χ0) is 20.6. The van der Waals surface area contributed by atoms with E-state index in [1.165, 1.54) is 0 Å². The first kappa shape index (κ1) is 18.9. The molecule has 0 spiro atoms. The van der Waals surface area contributed by atoms with Gasteiger partial charge in [-0.15, -0.1) is 0 Å². The molecule has 0 saturated heterocycles. The van der Waals surface area contributed by atoms with Crippen LogP contribution in [-0.2, 0) is 10.3 Å². The Kier molecular flexibility index (Phi) is 4.81. The van der Waals surface area contributed by atoms with Crippen LogP contribution in [-0.4, -0.2) is 5.11 Å². The van der Waals surface area contributed by atoms with Gasteiger partial charge in [0.2, 0.25) is 0 Å². The second-order valence-electron chi connectivity index (χ2n) is 7.30. The summed E-state index contributed by atoms with van der Waals surface area (Å²) in [6.45, 7) is 0. The average molecular weight is 458 g/mol. The van der Waals surface area contributed by atoms with Crippen molar-refractivity contribution in [2.24, 2.45) is 0 Å². The van der Waals surface area contributed by atoms with Crippen LogP contribution in [0, 0.1) is 0 Å². The summed E-state index contributed by atoms with van der Waals surface area (Å²) in [6, 6.07) is 34.1. The van der Waals surface area contributed by atoms with Crippen LogP contribution in [0.15, 0.2) is 108 Å². The van der Waals surface area contributed by atoms with E-state index in [1.54, 1.807) is 6.07 Å². The molecular weight excluding hydrogens is 438 g/mol. The summed E-state index contributed by atoms with van der Waals surface area (Å²) >= 11 is 3.52. The summed E-state index contributed by atoms with van der Waals surface area (Å²) in [6.07, 6.45) is -0.544. The summed E-state index contributed by atoms with van der Waals surface area (Å²) in [5.41, 5.74) is 3.92. The fourth-order valence-electron chi connectivity index (χ4n) is 4.16. The molecule has 4 aromatic carbocycles. The van der Waals surface area contributed by atoms with Gasteiger partial charge in [-0.05, 0) is 35.4 Å². The van der Waals surface area contributed by atoms with Gasteiger partial charge in [-0.2, -0.15) is 0 Å². The number of ether oxygens (including phenoxy) is 1. The molecule has 0 amide bonds. The van der Waals surface area contributed by atoms with Crippen LogP contribution in [0.3, 0.4) is 0 Å². The fraction of sp³-hybridized carbons (Fsp3) is 0.0769. The lowest BCUT2D eigenvalue weighted by Gasteiger charge is -2.44. The smallest absolute Gasteiger partial charge is 0.159 e. The number of benzene rings is 4. The van der Waals surface area contributed by atoms with Gasteiger partial charge in [-0.1, -0.05) is 94.8 Å². The third-order valence-electron chi connectivity index (χ3n) is 5.52. The minimum absolute atomic E-state index is 0.185. The Balaban J connectivity index is 1.79. The van der Waals surface area contributed by atoms with Crippen LogP contribution in [0.1, 0.15) is 28.5 Å². The van der Waals surface area contributed by atoms with Gasteiger partial charge in [0.1, 0.15) is 11.4 Å². The molecule has 0 fully saturated rings. The Hall–Kier alpha value is -3.08. The number of phenolic OH excluding ortho intramolecular Hbond substituents is 1. The highest BCUT2D eigenvalue weighted by Gasteiger charge is 2.45. The Morgan fingerprint density at radius 1 is 0.767 bits per heavy atom. The third-order valence-corrected chi connectivity index (χ3v) is 6.01. The van der Waals surface area contributed by atoms with Gasteiger partial charge in [0, 0.05) is 21.3 Å². The van der Waals surface area contributed by atoms with Crippen molar-refractivity contribution in [3.63, 3.8) is 0 Å². The molecule has 148 valence electrons. The van der Waals surface area contributed by atoms with Gasteiger partial charge in [0.15, 0.2) is 6.23 Å². The number of hydrogen-bond donors (Lipinski definition) is 2.